The van der Waals surface area contributed by atoms with E-state index in [-0.39, 0.29) is 11.7 Å². The highest BCUT2D eigenvalue weighted by atomic mass is 35.5. The molecule has 0 radical (unpaired) electrons. The molecule has 0 aliphatic carbocycles. The maximum atomic E-state index is 13.0. The highest BCUT2D eigenvalue weighted by molar-refractivity contribution is 6.32. The highest BCUT2D eigenvalue weighted by Crippen LogP contribution is 2.29. The van der Waals surface area contributed by atoms with Crippen LogP contribution < -0.4 is 10.6 Å². The van der Waals surface area contributed by atoms with Gasteiger partial charge in [-0.2, -0.15) is 0 Å². The number of imidazole rings is 1. The Kier molecular flexibility index (Phi) is 9.37. The average Bonchev–Trinajstić information content (AvgIpc) is 3.33. The molecule has 3 aromatic carbocycles. The number of Topliss-reactive ketones (excluding diaryl/α,β-unsaturated/α-hetero) is 1. The molecule has 4 aromatic rings. The molecule has 3 N–H and O–H groups in total. The third kappa shape index (κ3) is 7.37. The summed E-state index contributed by atoms with van der Waals surface area (Å²) in [6.07, 6.45) is 2.78. The van der Waals surface area contributed by atoms with Crippen molar-refractivity contribution >= 4 is 52.7 Å². The van der Waals surface area contributed by atoms with E-state index in [0.29, 0.717) is 50.5 Å². The summed E-state index contributed by atoms with van der Waals surface area (Å²) in [6, 6.07) is 21.0. The fourth-order valence-corrected chi connectivity index (χ4v) is 4.48. The number of hydrogen-bond acceptors (Lipinski definition) is 5. The van der Waals surface area contributed by atoms with Gasteiger partial charge in [-0.15, -0.1) is 0 Å². The van der Waals surface area contributed by atoms with E-state index in [1.807, 2.05) is 30.3 Å². The van der Waals surface area contributed by atoms with Gasteiger partial charge in [0.15, 0.2) is 5.78 Å². The van der Waals surface area contributed by atoms with Crippen molar-refractivity contribution in [1.82, 2.24) is 15.3 Å². The summed E-state index contributed by atoms with van der Waals surface area (Å²) in [4.78, 5) is 44.3. The molecule has 10 heteroatoms. The number of rotatable bonds is 9. The number of carbonyl (C=O) groups excluding carboxylic acids is 3. The molecule has 0 fully saturated rings. The second-order valence-electron chi connectivity index (χ2n) is 8.85. The van der Waals surface area contributed by atoms with Crippen molar-refractivity contribution in [3.63, 3.8) is 0 Å². The van der Waals surface area contributed by atoms with E-state index >= 15 is 0 Å². The Morgan fingerprint density at radius 3 is 2.42 bits per heavy atom. The van der Waals surface area contributed by atoms with E-state index in [9.17, 15) is 14.4 Å². The molecule has 0 spiro atoms. The van der Waals surface area contributed by atoms with E-state index in [1.165, 1.54) is 20.1 Å². The van der Waals surface area contributed by atoms with Gasteiger partial charge in [-0.25, -0.2) is 9.78 Å². The van der Waals surface area contributed by atoms with Crippen LogP contribution in [0.1, 0.15) is 40.3 Å². The monoisotopic (exact) mass is 576 g/mol. The fraction of sp³-hybridized carbons (Fsp3) is 0.133. The van der Waals surface area contributed by atoms with Crippen LogP contribution in [0.3, 0.4) is 0 Å². The van der Waals surface area contributed by atoms with Crippen molar-refractivity contribution in [2.24, 2.45) is 0 Å². The second kappa shape index (κ2) is 13.1. The number of nitrogens with zero attached hydrogens (tertiary/aromatic N) is 1. The first-order valence-corrected chi connectivity index (χ1v) is 13.0. The predicted molar refractivity (Wildman–Crippen MR) is 157 cm³/mol. The molecule has 0 bridgehead atoms. The van der Waals surface area contributed by atoms with Gasteiger partial charge in [0, 0.05) is 27.9 Å². The topological polar surface area (TPSA) is 113 Å². The van der Waals surface area contributed by atoms with Gasteiger partial charge < -0.3 is 15.0 Å². The molecular formula is C30H26Cl2N4O4. The SMILES string of the molecule is COC(=O)Nc1ccc(-c2nc([C@H](Cc3ccccc3)NC(=O)/C=C/c3cc(Cl)ccc3C(C)=O)[nH]c2Cl)cc1. The lowest BCUT2D eigenvalue weighted by molar-refractivity contribution is -0.117. The molecule has 0 saturated heterocycles. The van der Waals surface area contributed by atoms with Crippen LogP contribution in [0.15, 0.2) is 78.9 Å². The first kappa shape index (κ1) is 28.6. The van der Waals surface area contributed by atoms with Crippen molar-refractivity contribution < 1.29 is 19.1 Å². The summed E-state index contributed by atoms with van der Waals surface area (Å²) in [5.41, 5.74) is 3.75. The van der Waals surface area contributed by atoms with Crippen molar-refractivity contribution in [3.05, 3.63) is 112 Å². The second-order valence-corrected chi connectivity index (χ2v) is 9.66. The van der Waals surface area contributed by atoms with Gasteiger partial charge in [-0.1, -0.05) is 65.7 Å². The Labute approximate surface area is 241 Å². The zero-order valence-corrected chi connectivity index (χ0v) is 23.2. The number of methoxy groups -OCH3 is 1. The van der Waals surface area contributed by atoms with Gasteiger partial charge in [0.05, 0.1) is 13.2 Å². The number of aromatic amines is 1. The Morgan fingerprint density at radius 2 is 1.75 bits per heavy atom. The molecular weight excluding hydrogens is 551 g/mol. The standard InChI is InChI=1S/C30H26Cl2N4O4/c1-18(37)24-14-11-22(31)17-21(24)10-15-26(38)34-25(16-19-6-4-3-5-7-19)29-35-27(28(32)36-29)20-8-12-23(13-9-20)33-30(39)40-2/h3-15,17,25H,16H2,1-2H3,(H,33,39)(H,34,38)(H,35,36)/b15-10+/t25-/m0/s1. The molecule has 0 unspecified atom stereocenters. The lowest BCUT2D eigenvalue weighted by Gasteiger charge is -2.16. The average molecular weight is 577 g/mol. The normalized spacial score (nSPS) is 11.7. The van der Waals surface area contributed by atoms with Gasteiger partial charge in [-0.05, 0) is 60.9 Å². The first-order valence-electron chi connectivity index (χ1n) is 12.3. The molecule has 1 heterocycles. The number of carbonyl (C=O) groups is 3. The Balaban J connectivity index is 1.59. The molecule has 204 valence electrons. The Hall–Kier alpha value is -4.40. The number of benzene rings is 3. The number of anilines is 1. The van der Waals surface area contributed by atoms with E-state index in [4.69, 9.17) is 28.2 Å². The maximum absolute atomic E-state index is 13.0. The summed E-state index contributed by atoms with van der Waals surface area (Å²) < 4.78 is 4.61. The van der Waals surface area contributed by atoms with Crippen LogP contribution in [0.2, 0.25) is 10.2 Å². The summed E-state index contributed by atoms with van der Waals surface area (Å²) in [6.45, 7) is 1.46. The largest absolute Gasteiger partial charge is 0.453 e. The van der Waals surface area contributed by atoms with Crippen LogP contribution in [0.25, 0.3) is 17.3 Å². The smallest absolute Gasteiger partial charge is 0.411 e. The van der Waals surface area contributed by atoms with Crippen LogP contribution in [-0.4, -0.2) is 34.9 Å². The van der Waals surface area contributed by atoms with Gasteiger partial charge in [0.1, 0.15) is 16.7 Å². The molecule has 2 amide bonds. The number of amides is 2. The Morgan fingerprint density at radius 1 is 1.02 bits per heavy atom. The first-order chi connectivity index (χ1) is 19.2. The van der Waals surface area contributed by atoms with Gasteiger partial charge >= 0.3 is 6.09 Å². The van der Waals surface area contributed by atoms with E-state index < -0.39 is 12.1 Å². The fourth-order valence-electron chi connectivity index (χ4n) is 4.05. The minimum Gasteiger partial charge on any atom is -0.453 e. The molecule has 1 atom stereocenters. The highest BCUT2D eigenvalue weighted by Gasteiger charge is 2.21. The molecule has 0 aliphatic rings. The summed E-state index contributed by atoms with van der Waals surface area (Å²) in [5.74, 6) is -0.0530. The van der Waals surface area contributed by atoms with E-state index in [2.05, 4.69) is 20.4 Å². The molecule has 40 heavy (non-hydrogen) atoms. The number of halogens is 2. The van der Waals surface area contributed by atoms with Crippen molar-refractivity contribution in [2.75, 3.05) is 12.4 Å². The third-order valence-corrected chi connectivity index (χ3v) is 6.51. The predicted octanol–water partition coefficient (Wildman–Crippen LogP) is 6.88. The van der Waals surface area contributed by atoms with Crippen LogP contribution in [0.4, 0.5) is 10.5 Å². The minimum absolute atomic E-state index is 0.134. The molecule has 1 aromatic heterocycles. The maximum Gasteiger partial charge on any atom is 0.411 e. The van der Waals surface area contributed by atoms with E-state index in [1.54, 1.807) is 48.5 Å². The molecule has 0 aliphatic heterocycles. The van der Waals surface area contributed by atoms with E-state index in [0.717, 1.165) is 5.56 Å². The lowest BCUT2D eigenvalue weighted by atomic mass is 10.0. The third-order valence-electron chi connectivity index (χ3n) is 6.00. The molecule has 4 rings (SSSR count). The quantitative estimate of drug-likeness (QED) is 0.148. The van der Waals surface area contributed by atoms with Crippen molar-refractivity contribution in [1.29, 1.82) is 0 Å². The van der Waals surface area contributed by atoms with Crippen LogP contribution in [0.5, 0.6) is 0 Å². The number of H-pyrrole nitrogens is 1. The zero-order chi connectivity index (χ0) is 28.6. The molecule has 0 saturated carbocycles. The van der Waals surface area contributed by atoms with Crippen LogP contribution in [0, 0.1) is 0 Å². The summed E-state index contributed by atoms with van der Waals surface area (Å²) in [5, 5.41) is 6.34. The number of ketones is 1. The van der Waals surface area contributed by atoms with Crippen molar-refractivity contribution in [3.8, 4) is 11.3 Å². The Bertz CT molecular complexity index is 1550. The number of aromatic nitrogens is 2. The summed E-state index contributed by atoms with van der Waals surface area (Å²) >= 11 is 12.6. The van der Waals surface area contributed by atoms with Crippen LogP contribution in [-0.2, 0) is 16.0 Å². The molecule has 8 nitrogen and oxygen atoms in total. The number of ether oxygens (including phenoxy) is 1. The zero-order valence-electron chi connectivity index (χ0n) is 21.7. The van der Waals surface area contributed by atoms with Gasteiger partial charge in [0.25, 0.3) is 0 Å². The van der Waals surface area contributed by atoms with Gasteiger partial charge in [-0.3, -0.25) is 14.9 Å². The lowest BCUT2D eigenvalue weighted by Crippen LogP contribution is -2.29. The number of nitrogens with one attached hydrogen (secondary N) is 3. The number of hydrogen-bond donors (Lipinski definition) is 3. The van der Waals surface area contributed by atoms with Crippen LogP contribution >= 0.6 is 23.2 Å². The van der Waals surface area contributed by atoms with Crippen molar-refractivity contribution in [2.45, 2.75) is 19.4 Å². The minimum atomic E-state index is -0.575. The summed E-state index contributed by atoms with van der Waals surface area (Å²) in [7, 11) is 1.29. The van der Waals surface area contributed by atoms with Gasteiger partial charge in [0.2, 0.25) is 5.91 Å².